The van der Waals surface area contributed by atoms with E-state index in [1.807, 2.05) is 0 Å². The number of carbonyl (C=O) groups is 1. The summed E-state index contributed by atoms with van der Waals surface area (Å²) in [7, 11) is 0. The summed E-state index contributed by atoms with van der Waals surface area (Å²) in [6.07, 6.45) is 5.73. The number of amides is 1. The molecular weight excluding hydrogens is 312 g/mol. The first-order valence-electron chi connectivity index (χ1n) is 7.98. The van der Waals surface area contributed by atoms with E-state index in [0.29, 0.717) is 11.5 Å². The van der Waals surface area contributed by atoms with E-state index in [4.69, 9.17) is 4.42 Å². The predicted octanol–water partition coefficient (Wildman–Crippen LogP) is 3.21. The summed E-state index contributed by atoms with van der Waals surface area (Å²) in [5, 5.41) is 21.1. The molecule has 1 fully saturated rings. The molecule has 0 spiro atoms. The van der Waals surface area contributed by atoms with Crippen molar-refractivity contribution in [2.75, 3.05) is 5.32 Å². The first-order chi connectivity index (χ1) is 11.6. The lowest BCUT2D eigenvalue weighted by atomic mass is 9.89. The Morgan fingerprint density at radius 1 is 1.21 bits per heavy atom. The normalized spacial score (nSPS) is 15.2. The second kappa shape index (κ2) is 7.20. The van der Waals surface area contributed by atoms with Crippen LogP contribution in [0.3, 0.4) is 0 Å². The van der Waals surface area contributed by atoms with Crippen molar-refractivity contribution in [3.8, 4) is 0 Å². The van der Waals surface area contributed by atoms with Gasteiger partial charge < -0.3 is 4.42 Å². The standard InChI is InChI=1S/C16H18N4O4/c21-14(10-11-6-8-13(9-7-11)20(22)23)17-16-19-18-15(24-16)12-4-2-1-3-5-12/h6-9,12H,1-5,10H2,(H,17,19,21). The summed E-state index contributed by atoms with van der Waals surface area (Å²) in [4.78, 5) is 22.1. The van der Waals surface area contributed by atoms with E-state index < -0.39 is 4.92 Å². The van der Waals surface area contributed by atoms with E-state index in [-0.39, 0.29) is 29.9 Å². The number of nitrogens with zero attached hydrogens (tertiary/aromatic N) is 3. The zero-order valence-electron chi connectivity index (χ0n) is 13.1. The molecule has 1 heterocycles. The van der Waals surface area contributed by atoms with Gasteiger partial charge in [0.1, 0.15) is 0 Å². The van der Waals surface area contributed by atoms with Crippen molar-refractivity contribution in [3.63, 3.8) is 0 Å². The Morgan fingerprint density at radius 2 is 1.92 bits per heavy atom. The zero-order chi connectivity index (χ0) is 16.9. The summed E-state index contributed by atoms with van der Waals surface area (Å²) < 4.78 is 5.54. The van der Waals surface area contributed by atoms with Crippen LogP contribution in [0.15, 0.2) is 28.7 Å². The van der Waals surface area contributed by atoms with Crippen molar-refractivity contribution in [3.05, 3.63) is 45.8 Å². The number of anilines is 1. The molecular formula is C16H18N4O4. The van der Waals surface area contributed by atoms with Gasteiger partial charge in [0.05, 0.1) is 11.3 Å². The second-order valence-corrected chi connectivity index (χ2v) is 5.93. The van der Waals surface area contributed by atoms with Crippen molar-refractivity contribution < 1.29 is 14.1 Å². The highest BCUT2D eigenvalue weighted by molar-refractivity contribution is 5.90. The summed E-state index contributed by atoms with van der Waals surface area (Å²) in [5.41, 5.74) is 0.665. The number of nitro groups is 1. The number of rotatable bonds is 5. The van der Waals surface area contributed by atoms with E-state index in [1.165, 1.54) is 18.6 Å². The topological polar surface area (TPSA) is 111 Å². The van der Waals surface area contributed by atoms with Crippen LogP contribution in [0.1, 0.15) is 49.5 Å². The highest BCUT2D eigenvalue weighted by Gasteiger charge is 2.21. The quantitative estimate of drug-likeness (QED) is 0.665. The number of non-ortho nitro benzene ring substituents is 1. The first-order valence-corrected chi connectivity index (χ1v) is 7.98. The van der Waals surface area contributed by atoms with Gasteiger partial charge in [0.2, 0.25) is 11.8 Å². The van der Waals surface area contributed by atoms with E-state index in [0.717, 1.165) is 25.7 Å². The van der Waals surface area contributed by atoms with Gasteiger partial charge in [0.15, 0.2) is 0 Å². The summed E-state index contributed by atoms with van der Waals surface area (Å²) >= 11 is 0. The molecule has 1 N–H and O–H groups in total. The van der Waals surface area contributed by atoms with E-state index in [1.54, 1.807) is 12.1 Å². The van der Waals surface area contributed by atoms with E-state index in [2.05, 4.69) is 15.5 Å². The fourth-order valence-electron chi connectivity index (χ4n) is 2.88. The molecule has 1 aromatic carbocycles. The van der Waals surface area contributed by atoms with Gasteiger partial charge in [-0.25, -0.2) is 0 Å². The van der Waals surface area contributed by atoms with Gasteiger partial charge in [-0.1, -0.05) is 36.5 Å². The molecule has 0 aliphatic heterocycles. The van der Waals surface area contributed by atoms with Gasteiger partial charge in [-0.3, -0.25) is 20.2 Å². The minimum Gasteiger partial charge on any atom is -0.408 e. The number of nitrogens with one attached hydrogen (secondary N) is 1. The maximum Gasteiger partial charge on any atom is 0.322 e. The van der Waals surface area contributed by atoms with Crippen LogP contribution in [0.5, 0.6) is 0 Å². The van der Waals surface area contributed by atoms with E-state index in [9.17, 15) is 14.9 Å². The van der Waals surface area contributed by atoms with Gasteiger partial charge in [-0.15, -0.1) is 5.10 Å². The van der Waals surface area contributed by atoms with Crippen LogP contribution in [-0.2, 0) is 11.2 Å². The smallest absolute Gasteiger partial charge is 0.322 e. The monoisotopic (exact) mass is 330 g/mol. The van der Waals surface area contributed by atoms with Crippen LogP contribution in [0, 0.1) is 10.1 Å². The van der Waals surface area contributed by atoms with Gasteiger partial charge in [-0.05, 0) is 18.4 Å². The number of hydrogen-bond donors (Lipinski definition) is 1. The minimum atomic E-state index is -0.477. The van der Waals surface area contributed by atoms with Crippen molar-refractivity contribution in [1.82, 2.24) is 10.2 Å². The third-order valence-corrected chi connectivity index (χ3v) is 4.15. The predicted molar refractivity (Wildman–Crippen MR) is 85.6 cm³/mol. The Balaban J connectivity index is 1.56. The average molecular weight is 330 g/mol. The summed E-state index contributed by atoms with van der Waals surface area (Å²) in [6, 6.07) is 5.95. The maximum atomic E-state index is 12.0. The van der Waals surface area contributed by atoms with Gasteiger partial charge in [0.25, 0.3) is 5.69 Å². The summed E-state index contributed by atoms with van der Waals surface area (Å²) in [5.74, 6) is 0.564. The molecule has 1 aromatic heterocycles. The van der Waals surface area contributed by atoms with Crippen molar-refractivity contribution in [2.24, 2.45) is 0 Å². The molecule has 0 bridgehead atoms. The lowest BCUT2D eigenvalue weighted by Crippen LogP contribution is -2.14. The number of aromatic nitrogens is 2. The van der Waals surface area contributed by atoms with Crippen molar-refractivity contribution in [2.45, 2.75) is 44.4 Å². The third-order valence-electron chi connectivity index (χ3n) is 4.15. The maximum absolute atomic E-state index is 12.0. The number of carbonyl (C=O) groups excluding carboxylic acids is 1. The molecule has 8 nitrogen and oxygen atoms in total. The molecule has 0 atom stereocenters. The van der Waals surface area contributed by atoms with Crippen molar-refractivity contribution in [1.29, 1.82) is 0 Å². The van der Waals surface area contributed by atoms with Crippen LogP contribution in [0.2, 0.25) is 0 Å². The molecule has 1 saturated carbocycles. The Labute approximate surface area is 138 Å². The van der Waals surface area contributed by atoms with Crippen LogP contribution in [-0.4, -0.2) is 21.0 Å². The van der Waals surface area contributed by atoms with Crippen LogP contribution >= 0.6 is 0 Å². The Hall–Kier alpha value is -2.77. The Morgan fingerprint density at radius 3 is 2.58 bits per heavy atom. The van der Waals surface area contributed by atoms with Gasteiger partial charge in [0, 0.05) is 18.1 Å². The molecule has 2 aromatic rings. The highest BCUT2D eigenvalue weighted by Crippen LogP contribution is 2.32. The highest BCUT2D eigenvalue weighted by atomic mass is 16.6. The summed E-state index contributed by atoms with van der Waals surface area (Å²) in [6.45, 7) is 0. The average Bonchev–Trinajstić information content (AvgIpc) is 3.04. The second-order valence-electron chi connectivity index (χ2n) is 5.93. The Bertz CT molecular complexity index is 720. The van der Waals surface area contributed by atoms with Crippen molar-refractivity contribution >= 4 is 17.6 Å². The molecule has 24 heavy (non-hydrogen) atoms. The molecule has 3 rings (SSSR count). The molecule has 1 aliphatic rings. The Kier molecular flexibility index (Phi) is 4.83. The van der Waals surface area contributed by atoms with Crippen LogP contribution in [0.25, 0.3) is 0 Å². The fraction of sp³-hybridized carbons (Fsp3) is 0.438. The lowest BCUT2D eigenvalue weighted by molar-refractivity contribution is -0.384. The lowest BCUT2D eigenvalue weighted by Gasteiger charge is -2.17. The van der Waals surface area contributed by atoms with Crippen LogP contribution in [0.4, 0.5) is 11.7 Å². The number of nitro benzene ring substituents is 1. The third kappa shape index (κ3) is 3.95. The number of hydrogen-bond acceptors (Lipinski definition) is 6. The van der Waals surface area contributed by atoms with Crippen LogP contribution < -0.4 is 5.32 Å². The number of benzene rings is 1. The van der Waals surface area contributed by atoms with Gasteiger partial charge >= 0.3 is 6.01 Å². The van der Waals surface area contributed by atoms with E-state index >= 15 is 0 Å². The molecule has 8 heteroatoms. The molecule has 0 unspecified atom stereocenters. The van der Waals surface area contributed by atoms with Gasteiger partial charge in [-0.2, -0.15) is 0 Å². The zero-order valence-corrected chi connectivity index (χ0v) is 13.1. The fourth-order valence-corrected chi connectivity index (χ4v) is 2.88. The molecule has 126 valence electrons. The SMILES string of the molecule is O=C(Cc1ccc([N+](=O)[O-])cc1)Nc1nnc(C2CCCCC2)o1. The largest absolute Gasteiger partial charge is 0.408 e. The molecule has 0 saturated heterocycles. The minimum absolute atomic E-state index is 0.00631. The molecule has 1 amide bonds. The molecule has 1 aliphatic carbocycles. The first kappa shape index (κ1) is 16.1. The molecule has 0 radical (unpaired) electrons.